The van der Waals surface area contributed by atoms with E-state index in [1.807, 2.05) is 0 Å². The number of carbonyl (C=O) groups is 1. The molecule has 2 aliphatic rings. The van der Waals surface area contributed by atoms with E-state index in [2.05, 4.69) is 35.2 Å². The standard InChI is InChI=1S/C20H30N2O/c21-16-20(11-5-2-6-12-20)15-19(23)22-13-7-10-18(22)14-17-8-3-1-4-9-17/h1,3-4,8-9,18H,2,5-7,10-16,21H2. The van der Waals surface area contributed by atoms with Gasteiger partial charge in [-0.25, -0.2) is 0 Å². The Kier molecular flexibility index (Phi) is 5.37. The lowest BCUT2D eigenvalue weighted by molar-refractivity contribution is -0.135. The highest BCUT2D eigenvalue weighted by atomic mass is 16.2. The molecular weight excluding hydrogens is 284 g/mol. The second-order valence-corrected chi connectivity index (χ2v) is 7.51. The largest absolute Gasteiger partial charge is 0.339 e. The van der Waals surface area contributed by atoms with Crippen LogP contribution in [0.15, 0.2) is 30.3 Å². The fourth-order valence-electron chi connectivity index (χ4n) is 4.44. The van der Waals surface area contributed by atoms with Gasteiger partial charge in [0.25, 0.3) is 0 Å². The van der Waals surface area contributed by atoms with Crippen molar-refractivity contribution in [1.82, 2.24) is 4.90 Å². The van der Waals surface area contributed by atoms with Crippen molar-refractivity contribution in [2.75, 3.05) is 13.1 Å². The van der Waals surface area contributed by atoms with Crippen molar-refractivity contribution in [2.45, 2.75) is 63.8 Å². The van der Waals surface area contributed by atoms with Crippen molar-refractivity contribution in [1.29, 1.82) is 0 Å². The van der Waals surface area contributed by atoms with Gasteiger partial charge in [0.2, 0.25) is 5.91 Å². The number of amides is 1. The van der Waals surface area contributed by atoms with Crippen LogP contribution in [0.3, 0.4) is 0 Å². The second kappa shape index (κ2) is 7.48. The molecule has 1 aromatic carbocycles. The summed E-state index contributed by atoms with van der Waals surface area (Å²) in [6, 6.07) is 10.9. The monoisotopic (exact) mass is 314 g/mol. The molecule has 3 heteroatoms. The van der Waals surface area contributed by atoms with Crippen molar-refractivity contribution in [2.24, 2.45) is 11.1 Å². The molecule has 0 spiro atoms. The number of hydrogen-bond donors (Lipinski definition) is 1. The highest BCUT2D eigenvalue weighted by molar-refractivity contribution is 5.77. The number of likely N-dealkylation sites (tertiary alicyclic amines) is 1. The Morgan fingerprint density at radius 2 is 1.87 bits per heavy atom. The number of nitrogens with two attached hydrogens (primary N) is 1. The minimum atomic E-state index is 0.0786. The van der Waals surface area contributed by atoms with Crippen molar-refractivity contribution < 1.29 is 4.79 Å². The summed E-state index contributed by atoms with van der Waals surface area (Å²) < 4.78 is 0. The zero-order valence-corrected chi connectivity index (χ0v) is 14.2. The minimum Gasteiger partial charge on any atom is -0.339 e. The van der Waals surface area contributed by atoms with E-state index in [0.29, 0.717) is 24.9 Å². The third-order valence-electron chi connectivity index (χ3n) is 5.89. The van der Waals surface area contributed by atoms with Crippen LogP contribution in [0.2, 0.25) is 0 Å². The molecule has 1 saturated carbocycles. The molecule has 1 heterocycles. The van der Waals surface area contributed by atoms with E-state index in [4.69, 9.17) is 5.73 Å². The first-order valence-electron chi connectivity index (χ1n) is 9.26. The first kappa shape index (κ1) is 16.5. The minimum absolute atomic E-state index is 0.0786. The van der Waals surface area contributed by atoms with Gasteiger partial charge in [-0.15, -0.1) is 0 Å². The Morgan fingerprint density at radius 1 is 1.13 bits per heavy atom. The first-order valence-corrected chi connectivity index (χ1v) is 9.26. The predicted molar refractivity (Wildman–Crippen MR) is 94.1 cm³/mol. The number of benzene rings is 1. The van der Waals surface area contributed by atoms with Gasteiger partial charge in [0.05, 0.1) is 0 Å². The molecule has 3 rings (SSSR count). The zero-order valence-electron chi connectivity index (χ0n) is 14.2. The van der Waals surface area contributed by atoms with E-state index in [-0.39, 0.29) is 5.41 Å². The molecule has 1 unspecified atom stereocenters. The number of hydrogen-bond acceptors (Lipinski definition) is 2. The van der Waals surface area contributed by atoms with Crippen LogP contribution in [0.1, 0.15) is 56.9 Å². The molecule has 1 aliphatic heterocycles. The van der Waals surface area contributed by atoms with Crippen molar-refractivity contribution >= 4 is 5.91 Å². The van der Waals surface area contributed by atoms with Crippen LogP contribution in [0.5, 0.6) is 0 Å². The van der Waals surface area contributed by atoms with Gasteiger partial charge in [0.15, 0.2) is 0 Å². The molecule has 0 bridgehead atoms. The molecule has 2 fully saturated rings. The van der Waals surface area contributed by atoms with Crippen LogP contribution in [-0.4, -0.2) is 29.9 Å². The molecular formula is C20H30N2O. The topological polar surface area (TPSA) is 46.3 Å². The van der Waals surface area contributed by atoms with Crippen LogP contribution in [0, 0.1) is 5.41 Å². The van der Waals surface area contributed by atoms with E-state index >= 15 is 0 Å². The van der Waals surface area contributed by atoms with Gasteiger partial charge in [0.1, 0.15) is 0 Å². The van der Waals surface area contributed by atoms with E-state index in [9.17, 15) is 4.79 Å². The van der Waals surface area contributed by atoms with Gasteiger partial charge in [-0.2, -0.15) is 0 Å². The van der Waals surface area contributed by atoms with Gasteiger partial charge >= 0.3 is 0 Å². The van der Waals surface area contributed by atoms with Gasteiger partial charge in [-0.05, 0) is 49.6 Å². The molecule has 126 valence electrons. The van der Waals surface area contributed by atoms with Crippen LogP contribution >= 0.6 is 0 Å². The Hall–Kier alpha value is -1.35. The fourth-order valence-corrected chi connectivity index (χ4v) is 4.44. The lowest BCUT2D eigenvalue weighted by Gasteiger charge is -2.37. The summed E-state index contributed by atoms with van der Waals surface area (Å²) in [6.07, 6.45) is 9.96. The quantitative estimate of drug-likeness (QED) is 0.904. The molecule has 1 aliphatic carbocycles. The fraction of sp³-hybridized carbons (Fsp3) is 0.650. The van der Waals surface area contributed by atoms with Crippen LogP contribution < -0.4 is 5.73 Å². The lowest BCUT2D eigenvalue weighted by atomic mass is 9.71. The second-order valence-electron chi connectivity index (χ2n) is 7.51. The summed E-state index contributed by atoms with van der Waals surface area (Å²) in [7, 11) is 0. The molecule has 0 radical (unpaired) electrons. The van der Waals surface area contributed by atoms with Gasteiger partial charge < -0.3 is 10.6 Å². The maximum absolute atomic E-state index is 12.9. The summed E-state index contributed by atoms with van der Waals surface area (Å²) in [5.41, 5.74) is 7.49. The zero-order chi connectivity index (χ0) is 16.1. The molecule has 1 saturated heterocycles. The van der Waals surface area contributed by atoms with E-state index in [0.717, 1.165) is 38.6 Å². The normalized spacial score (nSPS) is 23.9. The molecule has 0 aromatic heterocycles. The van der Waals surface area contributed by atoms with Gasteiger partial charge in [-0.1, -0.05) is 49.6 Å². The number of nitrogens with zero attached hydrogens (tertiary/aromatic N) is 1. The Morgan fingerprint density at radius 3 is 2.57 bits per heavy atom. The highest BCUT2D eigenvalue weighted by Gasteiger charge is 2.37. The number of rotatable bonds is 5. The van der Waals surface area contributed by atoms with Gasteiger partial charge in [0, 0.05) is 19.0 Å². The predicted octanol–water partition coefficient (Wildman–Crippen LogP) is 3.52. The average Bonchev–Trinajstić information content (AvgIpc) is 3.05. The molecule has 3 nitrogen and oxygen atoms in total. The Bertz CT molecular complexity index is 508. The van der Waals surface area contributed by atoms with Crippen molar-refractivity contribution in [3.8, 4) is 0 Å². The molecule has 2 N–H and O–H groups in total. The van der Waals surface area contributed by atoms with Crippen LogP contribution in [0.25, 0.3) is 0 Å². The van der Waals surface area contributed by atoms with Crippen molar-refractivity contribution in [3.05, 3.63) is 35.9 Å². The molecule has 1 amide bonds. The van der Waals surface area contributed by atoms with Crippen LogP contribution in [-0.2, 0) is 11.2 Å². The number of carbonyl (C=O) groups excluding carboxylic acids is 1. The summed E-state index contributed by atoms with van der Waals surface area (Å²) >= 11 is 0. The molecule has 1 atom stereocenters. The summed E-state index contributed by atoms with van der Waals surface area (Å²) in [6.45, 7) is 1.59. The van der Waals surface area contributed by atoms with E-state index < -0.39 is 0 Å². The summed E-state index contributed by atoms with van der Waals surface area (Å²) in [5.74, 6) is 0.343. The van der Waals surface area contributed by atoms with Crippen LogP contribution in [0.4, 0.5) is 0 Å². The summed E-state index contributed by atoms with van der Waals surface area (Å²) in [4.78, 5) is 15.1. The third kappa shape index (κ3) is 3.95. The average molecular weight is 314 g/mol. The van der Waals surface area contributed by atoms with E-state index in [1.165, 1.54) is 24.8 Å². The SMILES string of the molecule is NCC1(CC(=O)N2CCCC2Cc2ccccc2)CCCCC1. The smallest absolute Gasteiger partial charge is 0.223 e. The molecule has 23 heavy (non-hydrogen) atoms. The maximum atomic E-state index is 12.9. The Labute approximate surface area is 140 Å². The van der Waals surface area contributed by atoms with E-state index in [1.54, 1.807) is 0 Å². The highest BCUT2D eigenvalue weighted by Crippen LogP contribution is 2.39. The lowest BCUT2D eigenvalue weighted by Crippen LogP contribution is -2.43. The maximum Gasteiger partial charge on any atom is 0.223 e. The Balaban J connectivity index is 1.63. The third-order valence-corrected chi connectivity index (χ3v) is 5.89. The first-order chi connectivity index (χ1) is 11.2. The molecule has 1 aromatic rings. The van der Waals surface area contributed by atoms with Crippen molar-refractivity contribution in [3.63, 3.8) is 0 Å². The summed E-state index contributed by atoms with van der Waals surface area (Å²) in [5, 5.41) is 0. The van der Waals surface area contributed by atoms with Gasteiger partial charge in [-0.3, -0.25) is 4.79 Å².